The van der Waals surface area contributed by atoms with Crippen LogP contribution in [0.5, 0.6) is 5.75 Å². The van der Waals surface area contributed by atoms with E-state index in [-0.39, 0.29) is 18.1 Å². The molecule has 1 saturated heterocycles. The summed E-state index contributed by atoms with van der Waals surface area (Å²) in [6.07, 6.45) is 1.57. The van der Waals surface area contributed by atoms with Gasteiger partial charge in [0.1, 0.15) is 11.9 Å². The SMILES string of the molecule is CC(C)OC(C(=O)Nc1ccc2[nH]nc(-c3ccc(OC4CCN(C)CC4)cc3)c2c1)c1ccccc1. The van der Waals surface area contributed by atoms with Crippen LogP contribution in [0.2, 0.25) is 0 Å². The molecule has 1 aliphatic rings. The van der Waals surface area contributed by atoms with Crippen molar-refractivity contribution in [2.45, 2.75) is 45.0 Å². The number of benzene rings is 3. The van der Waals surface area contributed by atoms with Crippen molar-refractivity contribution < 1.29 is 14.3 Å². The fraction of sp³-hybridized carbons (Fsp3) is 0.333. The molecule has 4 aromatic rings. The van der Waals surface area contributed by atoms with Crippen LogP contribution in [-0.4, -0.2) is 53.3 Å². The van der Waals surface area contributed by atoms with Crippen LogP contribution in [0.25, 0.3) is 22.2 Å². The molecule has 1 unspecified atom stereocenters. The Morgan fingerprint density at radius 1 is 1.03 bits per heavy atom. The number of fused-ring (bicyclic) bond motifs is 1. The van der Waals surface area contributed by atoms with Crippen molar-refractivity contribution in [3.63, 3.8) is 0 Å². The highest BCUT2D eigenvalue weighted by atomic mass is 16.5. The lowest BCUT2D eigenvalue weighted by atomic mass is 10.1. The number of nitrogens with one attached hydrogen (secondary N) is 2. The lowest BCUT2D eigenvalue weighted by molar-refractivity contribution is -0.130. The van der Waals surface area contributed by atoms with Crippen LogP contribution >= 0.6 is 0 Å². The van der Waals surface area contributed by atoms with Crippen LogP contribution in [0.15, 0.2) is 72.8 Å². The number of anilines is 1. The van der Waals surface area contributed by atoms with E-state index in [0.29, 0.717) is 5.69 Å². The highest BCUT2D eigenvalue weighted by molar-refractivity contribution is 5.99. The molecular formula is C30H34N4O3. The van der Waals surface area contributed by atoms with E-state index >= 15 is 0 Å². The van der Waals surface area contributed by atoms with Gasteiger partial charge in [-0.05, 0) is 81.8 Å². The third-order valence-corrected chi connectivity index (χ3v) is 6.68. The Hall–Kier alpha value is -3.68. The number of nitrogens with zero attached hydrogens (tertiary/aromatic N) is 2. The minimum absolute atomic E-state index is 0.0923. The monoisotopic (exact) mass is 498 g/mol. The molecular weight excluding hydrogens is 464 g/mol. The van der Waals surface area contributed by atoms with E-state index in [0.717, 1.165) is 59.4 Å². The summed E-state index contributed by atoms with van der Waals surface area (Å²) in [7, 11) is 2.15. The van der Waals surface area contributed by atoms with Crippen molar-refractivity contribution in [1.82, 2.24) is 15.1 Å². The highest BCUT2D eigenvalue weighted by Crippen LogP contribution is 2.31. The molecule has 0 bridgehead atoms. The van der Waals surface area contributed by atoms with Gasteiger partial charge in [-0.2, -0.15) is 5.10 Å². The Morgan fingerprint density at radius 3 is 2.46 bits per heavy atom. The van der Waals surface area contributed by atoms with Crippen molar-refractivity contribution in [3.8, 4) is 17.0 Å². The first-order chi connectivity index (χ1) is 18.0. The zero-order valence-electron chi connectivity index (χ0n) is 21.6. The minimum Gasteiger partial charge on any atom is -0.490 e. The summed E-state index contributed by atoms with van der Waals surface area (Å²) in [4.78, 5) is 15.6. The van der Waals surface area contributed by atoms with Crippen LogP contribution in [0.1, 0.15) is 38.4 Å². The molecule has 0 radical (unpaired) electrons. The molecule has 1 aromatic heterocycles. The van der Waals surface area contributed by atoms with Crippen LogP contribution in [-0.2, 0) is 9.53 Å². The smallest absolute Gasteiger partial charge is 0.258 e. The van der Waals surface area contributed by atoms with Crippen LogP contribution in [0.4, 0.5) is 5.69 Å². The predicted octanol–water partition coefficient (Wildman–Crippen LogP) is 5.81. The van der Waals surface area contributed by atoms with E-state index in [1.54, 1.807) is 0 Å². The summed E-state index contributed by atoms with van der Waals surface area (Å²) in [5, 5.41) is 11.6. The number of hydrogen-bond donors (Lipinski definition) is 2. The van der Waals surface area contributed by atoms with Gasteiger partial charge in [0.05, 0.1) is 17.3 Å². The second-order valence-corrected chi connectivity index (χ2v) is 9.94. The number of hydrogen-bond acceptors (Lipinski definition) is 5. The number of aromatic nitrogens is 2. The average Bonchev–Trinajstić information content (AvgIpc) is 3.33. The van der Waals surface area contributed by atoms with Crippen molar-refractivity contribution >= 4 is 22.5 Å². The molecule has 7 nitrogen and oxygen atoms in total. The van der Waals surface area contributed by atoms with Crippen molar-refractivity contribution in [3.05, 3.63) is 78.4 Å². The molecule has 37 heavy (non-hydrogen) atoms. The van der Waals surface area contributed by atoms with Crippen LogP contribution < -0.4 is 10.1 Å². The van der Waals surface area contributed by atoms with Gasteiger partial charge in [-0.3, -0.25) is 9.89 Å². The van der Waals surface area contributed by atoms with Gasteiger partial charge in [-0.25, -0.2) is 0 Å². The second-order valence-electron chi connectivity index (χ2n) is 9.94. The summed E-state index contributed by atoms with van der Waals surface area (Å²) < 4.78 is 12.2. The number of amides is 1. The van der Waals surface area contributed by atoms with E-state index in [9.17, 15) is 4.79 Å². The largest absolute Gasteiger partial charge is 0.490 e. The summed E-state index contributed by atoms with van der Waals surface area (Å²) in [5.41, 5.74) is 4.22. The van der Waals surface area contributed by atoms with E-state index in [1.807, 2.05) is 86.6 Å². The van der Waals surface area contributed by atoms with Gasteiger partial charge in [0.25, 0.3) is 5.91 Å². The number of ether oxygens (including phenoxy) is 2. The van der Waals surface area contributed by atoms with Crippen molar-refractivity contribution in [2.75, 3.05) is 25.5 Å². The van der Waals surface area contributed by atoms with Gasteiger partial charge in [0, 0.05) is 29.7 Å². The van der Waals surface area contributed by atoms with E-state index in [1.165, 1.54) is 0 Å². The Bertz CT molecular complexity index is 1330. The third-order valence-electron chi connectivity index (χ3n) is 6.68. The Kier molecular flexibility index (Phi) is 7.53. The zero-order chi connectivity index (χ0) is 25.8. The second kappa shape index (κ2) is 11.2. The quantitative estimate of drug-likeness (QED) is 0.321. The molecule has 0 spiro atoms. The van der Waals surface area contributed by atoms with Gasteiger partial charge in [0.2, 0.25) is 0 Å². The van der Waals surface area contributed by atoms with Gasteiger partial charge in [0.15, 0.2) is 6.10 Å². The molecule has 192 valence electrons. The molecule has 1 atom stereocenters. The fourth-order valence-electron chi connectivity index (χ4n) is 4.70. The molecule has 1 fully saturated rings. The molecule has 7 heteroatoms. The molecule has 3 aromatic carbocycles. The third kappa shape index (κ3) is 6.01. The number of rotatable bonds is 8. The Labute approximate surface area is 217 Å². The highest BCUT2D eigenvalue weighted by Gasteiger charge is 2.23. The summed E-state index contributed by atoms with van der Waals surface area (Å²) in [5.74, 6) is 0.669. The van der Waals surface area contributed by atoms with Gasteiger partial charge in [-0.15, -0.1) is 0 Å². The van der Waals surface area contributed by atoms with Crippen molar-refractivity contribution in [2.24, 2.45) is 0 Å². The molecule has 5 rings (SSSR count). The lowest BCUT2D eigenvalue weighted by Gasteiger charge is -2.29. The maximum atomic E-state index is 13.2. The number of piperidine rings is 1. The number of likely N-dealkylation sites (tertiary alicyclic amines) is 1. The predicted molar refractivity (Wildman–Crippen MR) is 147 cm³/mol. The molecule has 0 aliphatic carbocycles. The van der Waals surface area contributed by atoms with Crippen LogP contribution in [0.3, 0.4) is 0 Å². The first-order valence-corrected chi connectivity index (χ1v) is 12.9. The normalized spacial score (nSPS) is 15.7. The van der Waals surface area contributed by atoms with Crippen molar-refractivity contribution in [1.29, 1.82) is 0 Å². The van der Waals surface area contributed by atoms with E-state index < -0.39 is 6.10 Å². The molecule has 1 amide bonds. The number of aromatic amines is 1. The minimum atomic E-state index is -0.696. The number of carbonyl (C=O) groups excluding carboxylic acids is 1. The van der Waals surface area contributed by atoms with Gasteiger partial charge >= 0.3 is 0 Å². The topological polar surface area (TPSA) is 79.5 Å². The molecule has 2 heterocycles. The van der Waals surface area contributed by atoms with Gasteiger partial charge in [-0.1, -0.05) is 30.3 Å². The first kappa shape index (κ1) is 25.0. The Morgan fingerprint density at radius 2 is 1.76 bits per heavy atom. The first-order valence-electron chi connectivity index (χ1n) is 12.9. The van der Waals surface area contributed by atoms with E-state index in [2.05, 4.69) is 27.5 Å². The summed E-state index contributed by atoms with van der Waals surface area (Å²) >= 11 is 0. The fourth-order valence-corrected chi connectivity index (χ4v) is 4.70. The Balaban J connectivity index is 1.33. The number of carbonyl (C=O) groups is 1. The molecule has 0 saturated carbocycles. The lowest BCUT2D eigenvalue weighted by Crippen LogP contribution is -2.35. The maximum absolute atomic E-state index is 13.2. The average molecular weight is 499 g/mol. The summed E-state index contributed by atoms with van der Waals surface area (Å²) in [6.45, 7) is 5.99. The van der Waals surface area contributed by atoms with E-state index in [4.69, 9.17) is 9.47 Å². The molecule has 1 aliphatic heterocycles. The maximum Gasteiger partial charge on any atom is 0.258 e. The standard InChI is InChI=1S/C30H34N4O3/c1-20(2)36-29(22-7-5-4-6-8-22)30(35)31-23-11-14-27-26(19-23)28(33-32-27)21-9-12-24(13-10-21)37-25-15-17-34(3)18-16-25/h4-14,19-20,25,29H,15-18H2,1-3H3,(H,31,35)(H,32,33). The van der Waals surface area contributed by atoms with Crippen LogP contribution in [0, 0.1) is 0 Å². The summed E-state index contributed by atoms with van der Waals surface area (Å²) in [6, 6.07) is 23.4. The zero-order valence-corrected chi connectivity index (χ0v) is 21.6. The number of H-pyrrole nitrogens is 1. The van der Waals surface area contributed by atoms with Gasteiger partial charge < -0.3 is 19.7 Å². The molecule has 2 N–H and O–H groups in total.